The van der Waals surface area contributed by atoms with Gasteiger partial charge in [-0.3, -0.25) is 0 Å². The molecule has 3 N–H and O–H groups in total. The van der Waals surface area contributed by atoms with Gasteiger partial charge in [-0.15, -0.1) is 0 Å². The molecule has 42 heavy (non-hydrogen) atoms. The number of rotatable bonds is 3. The molecule has 212 valence electrons. The van der Waals surface area contributed by atoms with Crippen molar-refractivity contribution in [1.29, 1.82) is 0 Å². The van der Waals surface area contributed by atoms with Crippen LogP contribution in [0.5, 0.6) is 0 Å². The van der Waals surface area contributed by atoms with Gasteiger partial charge < -0.3 is 33.1 Å². The molecule has 3 aromatic rings. The van der Waals surface area contributed by atoms with Crippen LogP contribution in [-0.2, 0) is 22.5 Å². The molecule has 0 aliphatic carbocycles. The third-order valence-electron chi connectivity index (χ3n) is 7.22. The molecule has 6 nitrogen and oxygen atoms in total. The first-order valence-electron chi connectivity index (χ1n) is 13.3. The molecule has 0 bridgehead atoms. The summed E-state index contributed by atoms with van der Waals surface area (Å²) in [4.78, 5) is 7.66. The van der Waals surface area contributed by atoms with E-state index >= 15 is 8.63 Å². The van der Waals surface area contributed by atoms with Gasteiger partial charge in [-0.25, -0.2) is 4.99 Å². The minimum absolute atomic E-state index is 0.139. The lowest BCUT2D eigenvalue weighted by Crippen LogP contribution is -2.34. The Labute approximate surface area is 243 Å². The number of nitrogens with zero attached hydrogens (tertiary/aromatic N) is 1. The Bertz CT molecular complexity index is 1840. The van der Waals surface area contributed by atoms with Gasteiger partial charge in [0.05, 0.1) is 30.0 Å². The van der Waals surface area contributed by atoms with E-state index in [4.69, 9.17) is 9.31 Å². The minimum Gasteiger partial charge on any atom is -0.626 e. The first-order valence-corrected chi connectivity index (χ1v) is 13.3. The summed E-state index contributed by atoms with van der Waals surface area (Å²) in [7, 11) is -4.75. The van der Waals surface area contributed by atoms with Gasteiger partial charge in [0.2, 0.25) is 0 Å². The predicted molar refractivity (Wildman–Crippen MR) is 159 cm³/mol. The molecule has 2 aliphatic heterocycles. The molecule has 0 fully saturated rings. The van der Waals surface area contributed by atoms with Crippen molar-refractivity contribution in [2.24, 2.45) is 4.99 Å². The summed E-state index contributed by atoms with van der Waals surface area (Å²) in [6, 6.07) is 14.3. The van der Waals surface area contributed by atoms with E-state index in [1.54, 1.807) is 43.3 Å². The van der Waals surface area contributed by atoms with Crippen LogP contribution in [0.2, 0.25) is 0 Å². The lowest BCUT2D eigenvalue weighted by molar-refractivity contribution is 0.171. The summed E-state index contributed by atoms with van der Waals surface area (Å²) in [6.45, 7) is 6.90. The number of hydrogen-bond donors (Lipinski definition) is 3. The van der Waals surface area contributed by atoms with Gasteiger partial charge in [0.25, 0.3) is 0 Å². The number of aliphatic hydroxyl groups is 2. The quantitative estimate of drug-likeness (QED) is 0.276. The molecule has 0 unspecified atom stereocenters. The van der Waals surface area contributed by atoms with Crippen LogP contribution in [0.3, 0.4) is 0 Å². The van der Waals surface area contributed by atoms with Gasteiger partial charge >= 0.3 is 7.11 Å². The van der Waals surface area contributed by atoms with Crippen molar-refractivity contribution in [3.05, 3.63) is 122 Å². The van der Waals surface area contributed by atoms with E-state index in [9.17, 15) is 10.2 Å². The van der Waals surface area contributed by atoms with E-state index in [0.717, 1.165) is 16.8 Å². The number of aromatic amines is 1. The molecule has 3 heterocycles. The van der Waals surface area contributed by atoms with Crippen molar-refractivity contribution in [1.82, 2.24) is 4.98 Å². The summed E-state index contributed by atoms with van der Waals surface area (Å²) >= 11 is 0. The molecule has 0 atom stereocenters. The van der Waals surface area contributed by atoms with Gasteiger partial charge in [0.15, 0.2) is 0 Å². The molecule has 0 spiro atoms. The topological polar surface area (TPSA) is 87.1 Å². The van der Waals surface area contributed by atoms with E-state index in [2.05, 4.69) is 33.7 Å². The Balaban J connectivity index is 1.63. The zero-order valence-corrected chi connectivity index (χ0v) is 23.6. The molecule has 9 heteroatoms. The highest BCUT2D eigenvalue weighted by molar-refractivity contribution is 6.53. The molecule has 1 aromatic heterocycles. The number of hydrogen-bond acceptors (Lipinski definition) is 5. The zero-order chi connectivity index (χ0) is 30.0. The van der Waals surface area contributed by atoms with Crippen molar-refractivity contribution in [2.45, 2.75) is 40.9 Å². The standard InChI is InChI=1S/C33H28BF2N2O4/c1-20-22(3)37-32(28(20)15-13-24-9-5-7-11-26(24)18-39)30-17-31(42-34(35,36)41-30)33-29(21(2)23(4)38-33)16-14-25-10-6-8-12-27(25)19-40/h5-12,17,37,39-40H,18-19H2,1-4H3/q-1. The molecule has 0 saturated carbocycles. The number of halogens is 2. The second kappa shape index (κ2) is 11.6. The first kappa shape index (κ1) is 28.7. The van der Waals surface area contributed by atoms with Crippen molar-refractivity contribution < 1.29 is 28.2 Å². The number of allylic oxidation sites excluding steroid dienone is 3. The van der Waals surface area contributed by atoms with E-state index < -0.39 is 7.11 Å². The molecule has 2 aliphatic rings. The van der Waals surface area contributed by atoms with Crippen LogP contribution in [0.25, 0.3) is 5.76 Å². The summed E-state index contributed by atoms with van der Waals surface area (Å²) in [5, 5.41) is 19.3. The monoisotopic (exact) mass is 565 g/mol. The fraction of sp³-hybridized carbons (Fsp3) is 0.182. The van der Waals surface area contributed by atoms with Gasteiger partial charge in [-0.1, -0.05) is 60.1 Å². The normalized spacial score (nSPS) is 17.3. The summed E-state index contributed by atoms with van der Waals surface area (Å²) in [6.07, 6.45) is 1.38. The average molecular weight is 565 g/mol. The summed E-state index contributed by atoms with van der Waals surface area (Å²) in [5.74, 6) is 11.9. The van der Waals surface area contributed by atoms with Crippen molar-refractivity contribution in [3.8, 4) is 23.7 Å². The highest BCUT2D eigenvalue weighted by Gasteiger charge is 2.40. The molecule has 2 aromatic carbocycles. The molecular formula is C33H28BF2N2O4-. The molecule has 5 rings (SSSR count). The highest BCUT2D eigenvalue weighted by atomic mass is 19.3. The zero-order valence-electron chi connectivity index (χ0n) is 23.6. The van der Waals surface area contributed by atoms with Crippen molar-refractivity contribution in [3.63, 3.8) is 0 Å². The Morgan fingerprint density at radius 2 is 1.43 bits per heavy atom. The van der Waals surface area contributed by atoms with Crippen LogP contribution < -0.4 is 0 Å². The SMILES string of the molecule is CC1=NC(=C2C=C(c3[nH]c(C)c(C)c3C#Cc3ccccc3CO)O[B-](F)(F)O2)C(C#Cc2ccccc2CO)=C1C. The fourth-order valence-corrected chi connectivity index (χ4v) is 4.64. The number of nitrogens with one attached hydrogen (secondary N) is 1. The third kappa shape index (κ3) is 5.66. The number of aliphatic imine (C=N–C) groups is 1. The number of aryl methyl sites for hydroxylation is 1. The van der Waals surface area contributed by atoms with E-state index in [1.165, 1.54) is 6.08 Å². The lowest BCUT2D eigenvalue weighted by atomic mass is 10.0. The van der Waals surface area contributed by atoms with Crippen LogP contribution in [0, 0.1) is 37.5 Å². The Morgan fingerprint density at radius 3 is 2.05 bits per heavy atom. The van der Waals surface area contributed by atoms with Crippen molar-refractivity contribution in [2.75, 3.05) is 0 Å². The van der Waals surface area contributed by atoms with Gasteiger partial charge in [0.1, 0.15) is 17.2 Å². The largest absolute Gasteiger partial charge is 0.726 e. The number of benzene rings is 2. The Morgan fingerprint density at radius 1 is 0.833 bits per heavy atom. The van der Waals surface area contributed by atoms with Gasteiger partial charge in [-0.2, -0.15) is 0 Å². The summed E-state index contributed by atoms with van der Waals surface area (Å²) in [5.41, 5.74) is 6.82. The van der Waals surface area contributed by atoms with Crippen LogP contribution in [0.15, 0.2) is 82.2 Å². The maximum Gasteiger partial charge on any atom is 0.726 e. The van der Waals surface area contributed by atoms with Crippen LogP contribution >= 0.6 is 0 Å². The highest BCUT2D eigenvalue weighted by Crippen LogP contribution is 2.38. The molecule has 0 radical (unpaired) electrons. The number of aliphatic hydroxyl groups excluding tert-OH is 2. The lowest BCUT2D eigenvalue weighted by Gasteiger charge is -2.34. The molecule has 0 saturated heterocycles. The van der Waals surface area contributed by atoms with E-state index in [0.29, 0.717) is 39.1 Å². The second-order valence-electron chi connectivity index (χ2n) is 9.94. The maximum atomic E-state index is 15.0. The van der Waals surface area contributed by atoms with E-state index in [1.807, 2.05) is 32.9 Å². The smallest absolute Gasteiger partial charge is 0.626 e. The van der Waals surface area contributed by atoms with Crippen molar-refractivity contribution >= 4 is 18.6 Å². The predicted octanol–water partition coefficient (Wildman–Crippen LogP) is 5.83. The van der Waals surface area contributed by atoms with Gasteiger partial charge in [0, 0.05) is 28.6 Å². The Hall–Kier alpha value is -4.83. The maximum absolute atomic E-state index is 15.0. The van der Waals surface area contributed by atoms with Crippen LogP contribution in [-0.4, -0.2) is 28.0 Å². The number of H-pyrrole nitrogens is 1. The van der Waals surface area contributed by atoms with Crippen LogP contribution in [0.1, 0.15) is 58.6 Å². The first-order chi connectivity index (χ1) is 20.1. The summed E-state index contributed by atoms with van der Waals surface area (Å²) < 4.78 is 40.2. The molecular weight excluding hydrogens is 537 g/mol. The Kier molecular flexibility index (Phi) is 7.91. The average Bonchev–Trinajstić information content (AvgIpc) is 3.43. The third-order valence-corrected chi connectivity index (χ3v) is 7.22. The minimum atomic E-state index is -4.75. The van der Waals surface area contributed by atoms with E-state index in [-0.39, 0.29) is 36.1 Å². The van der Waals surface area contributed by atoms with Crippen LogP contribution in [0.4, 0.5) is 8.63 Å². The van der Waals surface area contributed by atoms with Gasteiger partial charge in [-0.05, 0) is 62.1 Å². The number of aromatic nitrogens is 1. The molecule has 0 amide bonds. The fourth-order valence-electron chi connectivity index (χ4n) is 4.64. The second-order valence-corrected chi connectivity index (χ2v) is 9.94.